The summed E-state index contributed by atoms with van der Waals surface area (Å²) < 4.78 is 19.4. The number of nitrogens with two attached hydrogens (primary N) is 1. The summed E-state index contributed by atoms with van der Waals surface area (Å²) in [6, 6.07) is 9.82. The highest BCUT2D eigenvalue weighted by atomic mass is 16.6. The van der Waals surface area contributed by atoms with Gasteiger partial charge in [0.05, 0.1) is 37.4 Å². The summed E-state index contributed by atoms with van der Waals surface area (Å²) >= 11 is 0. The van der Waals surface area contributed by atoms with Gasteiger partial charge < -0.3 is 29.8 Å². The molecule has 172 valence electrons. The van der Waals surface area contributed by atoms with E-state index in [4.69, 9.17) is 24.9 Å². The van der Waals surface area contributed by atoms with Crippen LogP contribution in [0, 0.1) is 6.92 Å². The molecule has 0 unspecified atom stereocenters. The van der Waals surface area contributed by atoms with Gasteiger partial charge in [-0.25, -0.2) is 9.97 Å². The van der Waals surface area contributed by atoms with Gasteiger partial charge in [-0.1, -0.05) is 6.07 Å². The highest BCUT2D eigenvalue weighted by Gasteiger charge is 2.22. The molecule has 1 aliphatic rings. The number of aryl methyl sites for hydroxylation is 2. The molecule has 2 atom stereocenters. The summed E-state index contributed by atoms with van der Waals surface area (Å²) in [6.07, 6.45) is 2.99. The van der Waals surface area contributed by atoms with Crippen molar-refractivity contribution in [3.63, 3.8) is 0 Å². The molecule has 1 aliphatic heterocycles. The molecule has 1 fully saturated rings. The van der Waals surface area contributed by atoms with Crippen molar-refractivity contribution in [2.24, 2.45) is 7.05 Å². The van der Waals surface area contributed by atoms with E-state index in [9.17, 15) is 0 Å². The third-order valence-corrected chi connectivity index (χ3v) is 6.17. The van der Waals surface area contributed by atoms with Crippen LogP contribution < -0.4 is 20.5 Å². The van der Waals surface area contributed by atoms with Crippen LogP contribution in [0.1, 0.15) is 30.8 Å². The Kier molecular flexibility index (Phi) is 5.46. The number of benzene rings is 2. The maximum atomic E-state index is 6.34. The first-order valence-electron chi connectivity index (χ1n) is 11.2. The molecule has 0 amide bonds. The summed E-state index contributed by atoms with van der Waals surface area (Å²) in [5, 5.41) is 5.52. The van der Waals surface area contributed by atoms with Crippen LogP contribution >= 0.6 is 0 Å². The molecule has 0 spiro atoms. The number of anilines is 2. The SMILES string of the molecule is COc1cc2nc(C)nc(N[C@H](C)c3cn(C)c4cccc(N)c34)c2cc1O[C@H]1CCOC1. The van der Waals surface area contributed by atoms with Gasteiger partial charge in [0, 0.05) is 47.8 Å². The lowest BCUT2D eigenvalue weighted by molar-refractivity contribution is 0.139. The van der Waals surface area contributed by atoms with E-state index in [-0.39, 0.29) is 12.1 Å². The number of hydrogen-bond donors (Lipinski definition) is 2. The van der Waals surface area contributed by atoms with Gasteiger partial charge in [0.1, 0.15) is 17.7 Å². The fourth-order valence-electron chi connectivity index (χ4n) is 4.52. The van der Waals surface area contributed by atoms with E-state index in [1.165, 1.54) is 0 Å². The van der Waals surface area contributed by atoms with E-state index >= 15 is 0 Å². The average molecular weight is 448 g/mol. The number of methoxy groups -OCH3 is 1. The number of nitrogens with one attached hydrogen (secondary N) is 1. The number of nitrogen functional groups attached to an aromatic ring is 1. The summed E-state index contributed by atoms with van der Waals surface area (Å²) in [6.45, 7) is 5.29. The van der Waals surface area contributed by atoms with Crippen molar-refractivity contribution in [1.29, 1.82) is 0 Å². The van der Waals surface area contributed by atoms with Gasteiger partial charge in [-0.15, -0.1) is 0 Å². The molecule has 4 aromatic rings. The molecule has 1 saturated heterocycles. The van der Waals surface area contributed by atoms with Gasteiger partial charge >= 0.3 is 0 Å². The van der Waals surface area contributed by atoms with Crippen LogP contribution in [-0.4, -0.2) is 41.0 Å². The zero-order valence-corrected chi connectivity index (χ0v) is 19.4. The molecule has 0 radical (unpaired) electrons. The molecule has 0 saturated carbocycles. The Morgan fingerprint density at radius 1 is 1.24 bits per heavy atom. The molecule has 2 aromatic carbocycles. The average Bonchev–Trinajstić information content (AvgIpc) is 3.42. The molecule has 3 heterocycles. The third-order valence-electron chi connectivity index (χ3n) is 6.17. The second-order valence-corrected chi connectivity index (χ2v) is 8.55. The minimum atomic E-state index is -0.0365. The third kappa shape index (κ3) is 3.91. The number of ether oxygens (including phenoxy) is 3. The van der Waals surface area contributed by atoms with Crippen LogP contribution in [0.4, 0.5) is 11.5 Å². The first-order chi connectivity index (χ1) is 15.9. The van der Waals surface area contributed by atoms with Crippen LogP contribution in [-0.2, 0) is 11.8 Å². The number of aromatic nitrogens is 3. The van der Waals surface area contributed by atoms with Crippen LogP contribution in [0.5, 0.6) is 11.5 Å². The lowest BCUT2D eigenvalue weighted by Gasteiger charge is -2.19. The van der Waals surface area contributed by atoms with Crippen LogP contribution in [0.2, 0.25) is 0 Å². The molecule has 5 rings (SSSR count). The van der Waals surface area contributed by atoms with Crippen molar-refractivity contribution in [2.75, 3.05) is 31.4 Å². The van der Waals surface area contributed by atoms with Crippen LogP contribution in [0.25, 0.3) is 21.8 Å². The standard InChI is InChI=1S/C25H29N5O3/c1-14(18-12-30(3)21-7-5-6-19(26)24(18)21)27-25-17-10-23(33-16-8-9-32-13-16)22(31-4)11-20(17)28-15(2)29-25/h5-7,10-12,14,16H,8-9,13,26H2,1-4H3,(H,27,28,29)/t14-,16+/m1/s1. The normalized spacial score (nSPS) is 16.9. The molecule has 3 N–H and O–H groups in total. The molecule has 33 heavy (non-hydrogen) atoms. The van der Waals surface area contributed by atoms with Crippen molar-refractivity contribution in [1.82, 2.24) is 14.5 Å². The fraction of sp³-hybridized carbons (Fsp3) is 0.360. The summed E-state index contributed by atoms with van der Waals surface area (Å²) in [7, 11) is 3.67. The lowest BCUT2D eigenvalue weighted by Crippen LogP contribution is -2.16. The van der Waals surface area contributed by atoms with E-state index in [0.29, 0.717) is 30.5 Å². The van der Waals surface area contributed by atoms with Crippen molar-refractivity contribution in [3.05, 3.63) is 47.9 Å². The molecule has 0 bridgehead atoms. The smallest absolute Gasteiger partial charge is 0.162 e. The van der Waals surface area contributed by atoms with Crippen molar-refractivity contribution in [3.8, 4) is 11.5 Å². The first kappa shape index (κ1) is 21.3. The van der Waals surface area contributed by atoms with Crippen LogP contribution in [0.3, 0.4) is 0 Å². The summed E-state index contributed by atoms with van der Waals surface area (Å²) in [4.78, 5) is 9.35. The zero-order valence-electron chi connectivity index (χ0n) is 19.4. The molecule has 8 heteroatoms. The largest absolute Gasteiger partial charge is 0.493 e. The van der Waals surface area contributed by atoms with Gasteiger partial charge in [0.25, 0.3) is 0 Å². The lowest BCUT2D eigenvalue weighted by atomic mass is 10.1. The van der Waals surface area contributed by atoms with Gasteiger partial charge in [0.15, 0.2) is 11.5 Å². The zero-order chi connectivity index (χ0) is 23.1. The Hall–Kier alpha value is -3.52. The Balaban J connectivity index is 1.56. The number of fused-ring (bicyclic) bond motifs is 2. The highest BCUT2D eigenvalue weighted by molar-refractivity contribution is 5.96. The highest BCUT2D eigenvalue weighted by Crippen LogP contribution is 2.37. The minimum Gasteiger partial charge on any atom is -0.493 e. The summed E-state index contributed by atoms with van der Waals surface area (Å²) in [5.41, 5.74) is 10.1. The molecule has 8 nitrogen and oxygen atoms in total. The second-order valence-electron chi connectivity index (χ2n) is 8.55. The van der Waals surface area contributed by atoms with Gasteiger partial charge in [-0.3, -0.25) is 0 Å². The first-order valence-corrected chi connectivity index (χ1v) is 11.2. The van der Waals surface area contributed by atoms with Gasteiger partial charge in [-0.2, -0.15) is 0 Å². The fourth-order valence-corrected chi connectivity index (χ4v) is 4.52. The maximum Gasteiger partial charge on any atom is 0.162 e. The van der Waals surface area contributed by atoms with E-state index in [2.05, 4.69) is 34.1 Å². The van der Waals surface area contributed by atoms with Gasteiger partial charge in [0.2, 0.25) is 0 Å². The van der Waals surface area contributed by atoms with E-state index in [0.717, 1.165) is 45.3 Å². The quantitative estimate of drug-likeness (QED) is 0.424. The Labute approximate surface area is 192 Å². The summed E-state index contributed by atoms with van der Waals surface area (Å²) in [5.74, 6) is 2.73. The minimum absolute atomic E-state index is 0.0108. The topological polar surface area (TPSA) is 96.5 Å². The number of hydrogen-bond acceptors (Lipinski definition) is 7. The molecule has 0 aliphatic carbocycles. The molecular weight excluding hydrogens is 418 g/mol. The van der Waals surface area contributed by atoms with E-state index < -0.39 is 0 Å². The number of nitrogens with zero attached hydrogens (tertiary/aromatic N) is 3. The van der Waals surface area contributed by atoms with Crippen molar-refractivity contribution < 1.29 is 14.2 Å². The molecular formula is C25H29N5O3. The van der Waals surface area contributed by atoms with Crippen LogP contribution in [0.15, 0.2) is 36.5 Å². The second kappa shape index (κ2) is 8.44. The van der Waals surface area contributed by atoms with Gasteiger partial charge in [-0.05, 0) is 32.0 Å². The maximum absolute atomic E-state index is 6.34. The Bertz CT molecular complexity index is 1330. The van der Waals surface area contributed by atoms with E-state index in [1.807, 2.05) is 38.2 Å². The predicted octanol–water partition coefficient (Wildman–Crippen LogP) is 4.36. The Morgan fingerprint density at radius 2 is 2.09 bits per heavy atom. The predicted molar refractivity (Wildman–Crippen MR) is 130 cm³/mol. The van der Waals surface area contributed by atoms with Crippen molar-refractivity contribution >= 4 is 33.3 Å². The monoisotopic (exact) mass is 447 g/mol. The molecule has 2 aromatic heterocycles. The van der Waals surface area contributed by atoms with Crippen molar-refractivity contribution in [2.45, 2.75) is 32.4 Å². The Morgan fingerprint density at radius 3 is 2.85 bits per heavy atom. The van der Waals surface area contributed by atoms with E-state index in [1.54, 1.807) is 7.11 Å². The number of rotatable bonds is 6.